The summed E-state index contributed by atoms with van der Waals surface area (Å²) in [5.74, 6) is 1.58. The molecule has 0 unspecified atom stereocenters. The van der Waals surface area contributed by atoms with Crippen LogP contribution in [0.5, 0.6) is 11.5 Å². The molecule has 3 aromatic rings. The highest BCUT2D eigenvalue weighted by molar-refractivity contribution is 7.98. The highest BCUT2D eigenvalue weighted by Gasteiger charge is 2.32. The van der Waals surface area contributed by atoms with Crippen molar-refractivity contribution in [2.75, 3.05) is 19.0 Å². The molecule has 0 bridgehead atoms. The monoisotopic (exact) mass is 485 g/mol. The van der Waals surface area contributed by atoms with Crippen LogP contribution in [0, 0.1) is 0 Å². The molecule has 4 rings (SSSR count). The minimum absolute atomic E-state index is 0.146. The van der Waals surface area contributed by atoms with Gasteiger partial charge in [0, 0.05) is 30.2 Å². The van der Waals surface area contributed by atoms with E-state index in [2.05, 4.69) is 10.3 Å². The first-order valence-electron chi connectivity index (χ1n) is 10.5. The summed E-state index contributed by atoms with van der Waals surface area (Å²) in [5, 5.41) is 4.03. The van der Waals surface area contributed by atoms with Crippen molar-refractivity contribution in [3.8, 4) is 11.5 Å². The maximum Gasteiger partial charge on any atom is 0.279 e. The number of nitrogens with zero attached hydrogens (tertiary/aromatic N) is 2. The molecule has 0 saturated carbocycles. The molecule has 172 valence electrons. The van der Waals surface area contributed by atoms with Crippen LogP contribution in [0.1, 0.15) is 36.0 Å². The van der Waals surface area contributed by atoms with Crippen LogP contribution in [0.4, 0.5) is 5.82 Å². The fraction of sp³-hybridized carbons (Fsp3) is 0.292. The molecule has 1 aliphatic heterocycles. The van der Waals surface area contributed by atoms with Gasteiger partial charge in [-0.15, -0.1) is 0 Å². The van der Waals surface area contributed by atoms with Gasteiger partial charge in [0.2, 0.25) is 5.91 Å². The minimum Gasteiger partial charge on any atom is -0.493 e. The van der Waals surface area contributed by atoms with Crippen LogP contribution >= 0.6 is 23.4 Å². The second-order valence-electron chi connectivity index (χ2n) is 7.55. The van der Waals surface area contributed by atoms with E-state index in [9.17, 15) is 9.59 Å². The van der Waals surface area contributed by atoms with Crippen LogP contribution in [0.15, 0.2) is 52.4 Å². The number of hydrogen-bond donors (Lipinski definition) is 1. The summed E-state index contributed by atoms with van der Waals surface area (Å²) < 4.78 is 12.8. The summed E-state index contributed by atoms with van der Waals surface area (Å²) in [6.07, 6.45) is 0.146. The summed E-state index contributed by atoms with van der Waals surface area (Å²) in [4.78, 5) is 30.1. The number of halogens is 1. The smallest absolute Gasteiger partial charge is 0.279 e. The van der Waals surface area contributed by atoms with Crippen LogP contribution in [0.25, 0.3) is 0 Å². The van der Waals surface area contributed by atoms with Crippen molar-refractivity contribution in [2.45, 2.75) is 30.2 Å². The van der Waals surface area contributed by atoms with Crippen molar-refractivity contribution in [3.63, 3.8) is 0 Å². The zero-order chi connectivity index (χ0) is 23.5. The van der Waals surface area contributed by atoms with Crippen LogP contribution in [-0.2, 0) is 17.6 Å². The Kier molecular flexibility index (Phi) is 6.95. The maximum absolute atomic E-state index is 13.2. The number of methoxy groups -OCH3 is 1. The van der Waals surface area contributed by atoms with E-state index in [0.29, 0.717) is 45.4 Å². The predicted molar refractivity (Wildman–Crippen MR) is 130 cm³/mol. The third-order valence-electron chi connectivity index (χ3n) is 5.51. The normalized spacial score (nSPS) is 15.0. The van der Waals surface area contributed by atoms with Crippen molar-refractivity contribution in [1.29, 1.82) is 0 Å². The number of fused-ring (bicyclic) bond motifs is 1. The van der Waals surface area contributed by atoms with Gasteiger partial charge in [-0.1, -0.05) is 47.6 Å². The molecule has 1 aromatic heterocycles. The number of carbonyl (C=O) groups is 1. The average molecular weight is 486 g/mol. The number of nitrogens with one attached hydrogen (secondary N) is 1. The number of anilines is 1. The summed E-state index contributed by atoms with van der Waals surface area (Å²) in [7, 11) is 3.36. The number of amides is 1. The van der Waals surface area contributed by atoms with Gasteiger partial charge in [0.15, 0.2) is 16.7 Å². The molecule has 2 heterocycles. The second kappa shape index (κ2) is 9.89. The lowest BCUT2D eigenvalue weighted by Crippen LogP contribution is -2.33. The van der Waals surface area contributed by atoms with E-state index in [0.717, 1.165) is 11.1 Å². The van der Waals surface area contributed by atoms with Gasteiger partial charge in [-0.3, -0.25) is 9.59 Å². The number of thioether (sulfide) groups is 1. The van der Waals surface area contributed by atoms with E-state index < -0.39 is 5.92 Å². The Morgan fingerprint density at radius 2 is 2.00 bits per heavy atom. The number of carbonyl (C=O) groups excluding carboxylic acids is 1. The van der Waals surface area contributed by atoms with Crippen LogP contribution < -0.4 is 20.3 Å². The molecule has 9 heteroatoms. The Hall–Kier alpha value is -2.97. The van der Waals surface area contributed by atoms with Gasteiger partial charge < -0.3 is 19.4 Å². The van der Waals surface area contributed by atoms with Crippen molar-refractivity contribution in [1.82, 2.24) is 9.55 Å². The molecular formula is C24H24ClN3O4S. The van der Waals surface area contributed by atoms with E-state index in [4.69, 9.17) is 21.1 Å². The van der Waals surface area contributed by atoms with Crippen molar-refractivity contribution in [2.24, 2.45) is 7.05 Å². The van der Waals surface area contributed by atoms with Gasteiger partial charge in [-0.05, 0) is 36.2 Å². The fourth-order valence-electron chi connectivity index (χ4n) is 3.88. The standard InChI is InChI=1S/C24H24ClN3O4S/c1-4-32-18-10-9-14(11-19(18)31-3)16-12-20(29)26-22-21(16)23(30)27-24(28(22)2)33-13-15-7-5-6-8-17(15)25/h5-11,16H,4,12-13H2,1-3H3,(H,26,29)/t16-/m0/s1. The zero-order valence-electron chi connectivity index (χ0n) is 18.6. The van der Waals surface area contributed by atoms with E-state index in [1.807, 2.05) is 43.3 Å². The Balaban J connectivity index is 1.72. The summed E-state index contributed by atoms with van der Waals surface area (Å²) >= 11 is 7.65. The minimum atomic E-state index is -0.438. The third-order valence-corrected chi connectivity index (χ3v) is 6.95. The lowest BCUT2D eigenvalue weighted by molar-refractivity contribution is -0.116. The summed E-state index contributed by atoms with van der Waals surface area (Å²) in [6, 6.07) is 13.0. The lowest BCUT2D eigenvalue weighted by Gasteiger charge is -2.28. The van der Waals surface area contributed by atoms with Crippen molar-refractivity contribution in [3.05, 3.63) is 74.5 Å². The highest BCUT2D eigenvalue weighted by Crippen LogP contribution is 2.39. The SMILES string of the molecule is CCOc1ccc([C@@H]2CC(=O)Nc3c2c(=O)nc(SCc2ccccc2Cl)n3C)cc1OC. The van der Waals surface area contributed by atoms with Gasteiger partial charge in [0.1, 0.15) is 5.82 Å². The summed E-state index contributed by atoms with van der Waals surface area (Å²) in [5.41, 5.74) is 1.84. The van der Waals surface area contributed by atoms with Gasteiger partial charge in [0.05, 0.1) is 19.3 Å². The molecule has 0 aliphatic carbocycles. The van der Waals surface area contributed by atoms with Crippen molar-refractivity contribution < 1.29 is 14.3 Å². The third kappa shape index (κ3) is 4.72. The molecule has 0 fully saturated rings. The zero-order valence-corrected chi connectivity index (χ0v) is 20.1. The maximum atomic E-state index is 13.2. The van der Waals surface area contributed by atoms with E-state index in [-0.39, 0.29) is 17.9 Å². The topological polar surface area (TPSA) is 82.5 Å². The molecule has 2 aromatic carbocycles. The average Bonchev–Trinajstić information content (AvgIpc) is 2.81. The molecule has 1 aliphatic rings. The Morgan fingerprint density at radius 3 is 2.73 bits per heavy atom. The molecule has 1 atom stereocenters. The number of hydrogen-bond acceptors (Lipinski definition) is 6. The van der Waals surface area contributed by atoms with Crippen LogP contribution in [-0.4, -0.2) is 29.2 Å². The predicted octanol–water partition coefficient (Wildman–Crippen LogP) is 4.61. The number of benzene rings is 2. The highest BCUT2D eigenvalue weighted by atomic mass is 35.5. The quantitative estimate of drug-likeness (QED) is 0.389. The summed E-state index contributed by atoms with van der Waals surface area (Å²) in [6.45, 7) is 2.40. The van der Waals surface area contributed by atoms with Gasteiger partial charge in [-0.25, -0.2) is 0 Å². The van der Waals surface area contributed by atoms with Gasteiger partial charge >= 0.3 is 0 Å². The molecule has 1 amide bonds. The van der Waals surface area contributed by atoms with Crippen molar-refractivity contribution >= 4 is 35.1 Å². The van der Waals surface area contributed by atoms with Gasteiger partial charge in [-0.2, -0.15) is 4.98 Å². The lowest BCUT2D eigenvalue weighted by atomic mass is 9.86. The van der Waals surface area contributed by atoms with E-state index in [1.54, 1.807) is 24.8 Å². The molecule has 1 N–H and O–H groups in total. The first-order valence-corrected chi connectivity index (χ1v) is 11.9. The first-order chi connectivity index (χ1) is 15.9. The molecule has 0 saturated heterocycles. The largest absolute Gasteiger partial charge is 0.493 e. The Labute approximate surface area is 201 Å². The Morgan fingerprint density at radius 1 is 1.21 bits per heavy atom. The van der Waals surface area contributed by atoms with E-state index in [1.165, 1.54) is 11.8 Å². The molecule has 0 radical (unpaired) electrons. The van der Waals surface area contributed by atoms with Crippen LogP contribution in [0.2, 0.25) is 5.02 Å². The molecule has 7 nitrogen and oxygen atoms in total. The second-order valence-corrected chi connectivity index (χ2v) is 8.90. The molecular weight excluding hydrogens is 462 g/mol. The molecule has 33 heavy (non-hydrogen) atoms. The Bertz CT molecular complexity index is 1260. The van der Waals surface area contributed by atoms with E-state index >= 15 is 0 Å². The number of aromatic nitrogens is 2. The number of rotatable bonds is 7. The first kappa shape index (κ1) is 23.2. The van der Waals surface area contributed by atoms with Crippen LogP contribution in [0.3, 0.4) is 0 Å². The van der Waals surface area contributed by atoms with Gasteiger partial charge in [0.25, 0.3) is 5.56 Å². The molecule has 0 spiro atoms. The fourth-order valence-corrected chi connectivity index (χ4v) is 5.13. The number of ether oxygens (including phenoxy) is 2.